The lowest BCUT2D eigenvalue weighted by Gasteiger charge is -2.54. The number of aromatic nitrogens is 7. The molecule has 2 amide bonds. The molecule has 8 saturated carbocycles. The SMILES string of the molecule is CC(NC(=O)Cn1ncc(NC2C3CC4CC(C3)CC2C4)c(Cl)c1=O)c1ccnnc1.CN(C)c1cnccc1CNC(=O)Cn1ncc(NC2C3CC4CC(C3)CC2C4)c(Cl)c1=O. The molecule has 12 rings (SSSR count). The molecule has 0 aliphatic heterocycles. The zero-order valence-corrected chi connectivity index (χ0v) is 38.1. The second kappa shape index (κ2) is 18.8. The normalized spacial score (nSPS) is 28.5. The zero-order valence-electron chi connectivity index (χ0n) is 36.6. The molecule has 0 saturated heterocycles. The third-order valence-electron chi connectivity index (χ3n) is 15.0. The monoisotopic (exact) mass is 912 g/mol. The lowest BCUT2D eigenvalue weighted by molar-refractivity contribution is -0.123. The Labute approximate surface area is 382 Å². The first-order valence-corrected chi connectivity index (χ1v) is 23.6. The first-order chi connectivity index (χ1) is 30.9. The van der Waals surface area contributed by atoms with Gasteiger partial charge in [0, 0.05) is 45.1 Å². The van der Waals surface area contributed by atoms with Gasteiger partial charge in [0.15, 0.2) is 0 Å². The lowest BCUT2D eigenvalue weighted by atomic mass is 9.54. The molecule has 8 aliphatic rings. The van der Waals surface area contributed by atoms with Gasteiger partial charge in [-0.3, -0.25) is 24.2 Å². The number of amides is 2. The van der Waals surface area contributed by atoms with Crippen LogP contribution in [0.25, 0.3) is 0 Å². The average molecular weight is 914 g/mol. The third-order valence-corrected chi connectivity index (χ3v) is 15.7. The molecule has 18 heteroatoms. The van der Waals surface area contributed by atoms with E-state index in [0.717, 1.165) is 49.8 Å². The van der Waals surface area contributed by atoms with Crippen LogP contribution in [0.2, 0.25) is 10.0 Å². The highest BCUT2D eigenvalue weighted by molar-refractivity contribution is 6.33. The van der Waals surface area contributed by atoms with Gasteiger partial charge in [-0.2, -0.15) is 20.4 Å². The Morgan fingerprint density at radius 2 is 1.19 bits per heavy atom. The molecule has 0 spiro atoms. The molecule has 8 bridgehead atoms. The van der Waals surface area contributed by atoms with E-state index in [4.69, 9.17) is 23.2 Å². The van der Waals surface area contributed by atoms with Crippen molar-refractivity contribution < 1.29 is 9.59 Å². The minimum atomic E-state index is -0.455. The molecule has 0 radical (unpaired) electrons. The van der Waals surface area contributed by atoms with Gasteiger partial charge < -0.3 is 26.2 Å². The number of hydrogen-bond acceptors (Lipinski definition) is 12. The number of nitrogens with one attached hydrogen (secondary N) is 4. The number of carbonyl (C=O) groups excluding carboxylic acids is 2. The Morgan fingerprint density at radius 3 is 1.66 bits per heavy atom. The zero-order chi connectivity index (χ0) is 44.6. The van der Waals surface area contributed by atoms with Crippen LogP contribution in [0, 0.1) is 47.3 Å². The van der Waals surface area contributed by atoms with Gasteiger partial charge in [0.1, 0.15) is 23.1 Å². The summed E-state index contributed by atoms with van der Waals surface area (Å²) in [4.78, 5) is 56.6. The molecule has 0 aromatic carbocycles. The van der Waals surface area contributed by atoms with Crippen LogP contribution in [-0.4, -0.2) is 72.7 Å². The molecule has 4 N–H and O–H groups in total. The molecular weight excluding hydrogens is 855 g/mol. The lowest BCUT2D eigenvalue weighted by Crippen LogP contribution is -2.51. The van der Waals surface area contributed by atoms with E-state index in [0.29, 0.717) is 53.7 Å². The van der Waals surface area contributed by atoms with Crippen molar-refractivity contribution in [1.29, 1.82) is 0 Å². The van der Waals surface area contributed by atoms with E-state index >= 15 is 0 Å². The van der Waals surface area contributed by atoms with Gasteiger partial charge in [0.25, 0.3) is 11.1 Å². The number of halogens is 2. The minimum absolute atomic E-state index is 0.1000. The maximum Gasteiger partial charge on any atom is 0.288 e. The first-order valence-electron chi connectivity index (χ1n) is 22.8. The van der Waals surface area contributed by atoms with Crippen LogP contribution < -0.4 is 37.3 Å². The fraction of sp³-hybridized carbons (Fsp3) is 0.587. The van der Waals surface area contributed by atoms with Crippen molar-refractivity contribution >= 4 is 52.1 Å². The average Bonchev–Trinajstić information content (AvgIpc) is 3.27. The number of hydrogen-bond donors (Lipinski definition) is 4. The van der Waals surface area contributed by atoms with Crippen molar-refractivity contribution in [2.75, 3.05) is 29.6 Å². The van der Waals surface area contributed by atoms with Crippen molar-refractivity contribution in [2.24, 2.45) is 47.3 Å². The molecule has 8 aliphatic carbocycles. The molecule has 340 valence electrons. The van der Waals surface area contributed by atoms with Crippen LogP contribution in [0.5, 0.6) is 0 Å². The summed E-state index contributed by atoms with van der Waals surface area (Å²) in [5, 5.41) is 29.0. The van der Waals surface area contributed by atoms with Crippen LogP contribution in [-0.2, 0) is 29.2 Å². The van der Waals surface area contributed by atoms with Crippen LogP contribution in [0.4, 0.5) is 17.1 Å². The van der Waals surface area contributed by atoms with Gasteiger partial charge in [-0.25, -0.2) is 9.36 Å². The molecule has 4 heterocycles. The van der Waals surface area contributed by atoms with E-state index in [-0.39, 0.29) is 41.0 Å². The Kier molecular flexibility index (Phi) is 13.0. The van der Waals surface area contributed by atoms with Crippen LogP contribution in [0.15, 0.2) is 58.9 Å². The van der Waals surface area contributed by atoms with E-state index < -0.39 is 11.1 Å². The standard InChI is InChI=1S/C24H31ClN6O2.C22H27ClN6O2/c1-30(2)20-12-26-4-3-16(20)10-27-21(32)13-31-24(33)22(25)19(11-28-31)29-23-17-6-14-5-15(8-17)9-18(23)7-14;1-12(15-2-3-24-25-9-15)27-19(30)11-29-22(31)20(23)18(10-26-29)28-21-16-5-13-4-14(7-16)8-17(21)6-13/h3-4,11-12,14-15,17-18,23,29H,5-10,13H2,1-2H3,(H,27,32);2-3,9-10,12-14,16-17,21,28H,4-8,11H2,1H3,(H,27,30). The maximum atomic E-state index is 12.8. The van der Waals surface area contributed by atoms with E-state index in [1.807, 2.05) is 32.0 Å². The Balaban J connectivity index is 0.000000162. The summed E-state index contributed by atoms with van der Waals surface area (Å²) in [7, 11) is 3.85. The summed E-state index contributed by atoms with van der Waals surface area (Å²) in [6.45, 7) is 1.80. The highest BCUT2D eigenvalue weighted by Gasteiger charge is 2.49. The summed E-state index contributed by atoms with van der Waals surface area (Å²) in [5.41, 5.74) is 2.97. The highest BCUT2D eigenvalue weighted by Crippen LogP contribution is 2.55. The number of carbonyl (C=O) groups is 2. The van der Waals surface area contributed by atoms with Crippen LogP contribution >= 0.6 is 23.2 Å². The van der Waals surface area contributed by atoms with Gasteiger partial charge in [0.05, 0.1) is 47.9 Å². The first kappa shape index (κ1) is 44.1. The quantitative estimate of drug-likeness (QED) is 0.128. The van der Waals surface area contributed by atoms with Crippen molar-refractivity contribution in [3.63, 3.8) is 0 Å². The van der Waals surface area contributed by atoms with E-state index in [1.54, 1.807) is 43.2 Å². The largest absolute Gasteiger partial charge is 0.379 e. The predicted molar refractivity (Wildman–Crippen MR) is 245 cm³/mol. The van der Waals surface area contributed by atoms with Gasteiger partial charge in [-0.1, -0.05) is 23.2 Å². The van der Waals surface area contributed by atoms with Crippen molar-refractivity contribution in [1.82, 2.24) is 45.4 Å². The third kappa shape index (κ3) is 9.49. The summed E-state index contributed by atoms with van der Waals surface area (Å²) in [5.74, 6) is 5.53. The predicted octanol–water partition coefficient (Wildman–Crippen LogP) is 5.71. The van der Waals surface area contributed by atoms with Crippen molar-refractivity contribution in [3.05, 3.63) is 91.2 Å². The molecule has 4 aromatic heterocycles. The topological polar surface area (TPSA) is 194 Å². The molecule has 8 fully saturated rings. The van der Waals surface area contributed by atoms with Crippen molar-refractivity contribution in [3.8, 4) is 0 Å². The summed E-state index contributed by atoms with van der Waals surface area (Å²) in [6, 6.07) is 4.11. The van der Waals surface area contributed by atoms with Gasteiger partial charge in [0.2, 0.25) is 11.8 Å². The van der Waals surface area contributed by atoms with E-state index in [1.165, 1.54) is 64.2 Å². The van der Waals surface area contributed by atoms with Gasteiger partial charge in [-0.05, 0) is 142 Å². The Hall–Kier alpha value is -5.09. The van der Waals surface area contributed by atoms with Gasteiger partial charge >= 0.3 is 0 Å². The summed E-state index contributed by atoms with van der Waals surface area (Å²) >= 11 is 12.9. The molecule has 4 aromatic rings. The molecule has 16 nitrogen and oxygen atoms in total. The molecule has 1 unspecified atom stereocenters. The fourth-order valence-corrected chi connectivity index (χ4v) is 12.9. The number of nitrogens with zero attached hydrogens (tertiary/aromatic N) is 8. The molecule has 64 heavy (non-hydrogen) atoms. The minimum Gasteiger partial charge on any atom is -0.379 e. The van der Waals surface area contributed by atoms with E-state index in [2.05, 4.69) is 46.6 Å². The number of anilines is 3. The van der Waals surface area contributed by atoms with Crippen LogP contribution in [0.1, 0.15) is 88.3 Å². The summed E-state index contributed by atoms with van der Waals surface area (Å²) in [6.07, 6.45) is 22.8. The summed E-state index contributed by atoms with van der Waals surface area (Å²) < 4.78 is 2.23. The smallest absolute Gasteiger partial charge is 0.288 e. The van der Waals surface area contributed by atoms with Crippen molar-refractivity contribution in [2.45, 2.75) is 109 Å². The highest BCUT2D eigenvalue weighted by atomic mass is 35.5. The number of pyridine rings is 1. The second-order valence-corrected chi connectivity index (χ2v) is 20.3. The fourth-order valence-electron chi connectivity index (χ4n) is 12.5. The van der Waals surface area contributed by atoms with Crippen LogP contribution in [0.3, 0.4) is 0 Å². The maximum absolute atomic E-state index is 12.8. The Bertz CT molecular complexity index is 2410. The molecular formula is C46H58Cl2N12O4. The Morgan fingerprint density at radius 1 is 0.688 bits per heavy atom. The molecule has 1 atom stereocenters. The number of rotatable bonds is 13. The van der Waals surface area contributed by atoms with Gasteiger partial charge in [-0.15, -0.1) is 0 Å². The second-order valence-electron chi connectivity index (χ2n) is 19.5. The van der Waals surface area contributed by atoms with E-state index in [9.17, 15) is 19.2 Å².